The summed E-state index contributed by atoms with van der Waals surface area (Å²) < 4.78 is 4.03. The van der Waals surface area contributed by atoms with E-state index in [4.69, 9.17) is 0 Å². The van der Waals surface area contributed by atoms with Gasteiger partial charge in [-0.1, -0.05) is 121 Å². The van der Waals surface area contributed by atoms with Crippen LogP contribution >= 0.6 is 0 Å². The van der Waals surface area contributed by atoms with Gasteiger partial charge < -0.3 is 4.40 Å². The maximum Gasteiger partial charge on any atom is 0.280 e. The highest BCUT2D eigenvalue weighted by atomic mass is 16.1. The van der Waals surface area contributed by atoms with Crippen molar-refractivity contribution >= 4 is 16.6 Å². The highest BCUT2D eigenvalue weighted by Crippen LogP contribution is 2.45. The van der Waals surface area contributed by atoms with E-state index in [9.17, 15) is 4.79 Å². The minimum absolute atomic E-state index is 0.0480. The van der Waals surface area contributed by atoms with Crippen LogP contribution in [0, 0.1) is 0 Å². The molecule has 0 aliphatic carbocycles. The number of rotatable bonds is 4. The van der Waals surface area contributed by atoms with E-state index in [1.165, 1.54) is 0 Å². The summed E-state index contributed by atoms with van der Waals surface area (Å²) in [6, 6.07) is 49.1. The lowest BCUT2D eigenvalue weighted by Gasteiger charge is -2.15. The summed E-state index contributed by atoms with van der Waals surface area (Å²) in [5.74, 6) is 0. The van der Waals surface area contributed by atoms with Crippen molar-refractivity contribution < 1.29 is 0 Å². The van der Waals surface area contributed by atoms with Crippen molar-refractivity contribution in [1.82, 2.24) is 8.97 Å². The van der Waals surface area contributed by atoms with Crippen molar-refractivity contribution in [3.8, 4) is 39.2 Å². The van der Waals surface area contributed by atoms with Gasteiger partial charge in [-0.25, -0.2) is 0 Å². The molecule has 0 amide bonds. The molecular formula is C35H24N2O. The van der Waals surface area contributed by atoms with Crippen molar-refractivity contribution in [1.29, 1.82) is 0 Å². The minimum Gasteiger partial charge on any atom is -0.302 e. The van der Waals surface area contributed by atoms with Gasteiger partial charge in [0.25, 0.3) is 5.56 Å². The molecule has 0 bridgehead atoms. The molecule has 0 unspecified atom stereocenters. The molecule has 0 N–H and O–H groups in total. The third kappa shape index (κ3) is 3.40. The van der Waals surface area contributed by atoms with Gasteiger partial charge >= 0.3 is 0 Å². The van der Waals surface area contributed by atoms with Crippen LogP contribution in [0.25, 0.3) is 55.7 Å². The van der Waals surface area contributed by atoms with E-state index >= 15 is 0 Å². The van der Waals surface area contributed by atoms with Crippen LogP contribution in [0.3, 0.4) is 0 Å². The molecule has 2 aromatic heterocycles. The molecule has 0 radical (unpaired) electrons. The Morgan fingerprint density at radius 1 is 0.421 bits per heavy atom. The van der Waals surface area contributed by atoms with Gasteiger partial charge in [0.05, 0.1) is 16.7 Å². The zero-order valence-corrected chi connectivity index (χ0v) is 20.7. The average molecular weight is 489 g/mol. The number of para-hydroxylation sites is 3. The van der Waals surface area contributed by atoms with Gasteiger partial charge in [0, 0.05) is 16.8 Å². The predicted octanol–water partition coefficient (Wildman–Crippen LogP) is 8.24. The number of aromatic nitrogens is 2. The summed E-state index contributed by atoms with van der Waals surface area (Å²) in [4.78, 5) is 14.7. The van der Waals surface area contributed by atoms with Crippen LogP contribution < -0.4 is 5.56 Å². The van der Waals surface area contributed by atoms with Crippen LogP contribution in [0.4, 0.5) is 0 Å². The third-order valence-corrected chi connectivity index (χ3v) is 7.13. The molecule has 0 aliphatic rings. The second-order valence-electron chi connectivity index (χ2n) is 9.35. The van der Waals surface area contributed by atoms with Crippen molar-refractivity contribution in [2.24, 2.45) is 0 Å². The van der Waals surface area contributed by atoms with Gasteiger partial charge in [0.2, 0.25) is 0 Å². The Kier molecular flexibility index (Phi) is 5.26. The predicted molar refractivity (Wildman–Crippen MR) is 157 cm³/mol. The van der Waals surface area contributed by atoms with E-state index in [2.05, 4.69) is 71.1 Å². The lowest BCUT2D eigenvalue weighted by Crippen LogP contribution is -2.21. The van der Waals surface area contributed by atoms with E-state index < -0.39 is 0 Å². The molecule has 3 heteroatoms. The molecule has 7 aromatic rings. The fraction of sp³-hybridized carbons (Fsp3) is 0. The normalized spacial score (nSPS) is 11.3. The first-order chi connectivity index (χ1) is 18.8. The van der Waals surface area contributed by atoms with E-state index in [0.29, 0.717) is 5.52 Å². The Morgan fingerprint density at radius 2 is 0.868 bits per heavy atom. The van der Waals surface area contributed by atoms with Crippen LogP contribution in [0.2, 0.25) is 0 Å². The lowest BCUT2D eigenvalue weighted by atomic mass is 9.93. The molecular weight excluding hydrogens is 464 g/mol. The first-order valence-corrected chi connectivity index (χ1v) is 12.8. The Morgan fingerprint density at radius 3 is 1.45 bits per heavy atom. The van der Waals surface area contributed by atoms with Crippen molar-refractivity contribution in [3.63, 3.8) is 0 Å². The zero-order chi connectivity index (χ0) is 25.5. The number of hydrogen-bond donors (Lipinski definition) is 0. The molecule has 38 heavy (non-hydrogen) atoms. The maximum atomic E-state index is 14.7. The molecule has 0 saturated heterocycles. The highest BCUT2D eigenvalue weighted by Gasteiger charge is 2.27. The van der Waals surface area contributed by atoms with E-state index in [1.807, 2.05) is 83.4 Å². The molecule has 3 nitrogen and oxygen atoms in total. The summed E-state index contributed by atoms with van der Waals surface area (Å²) in [7, 11) is 0. The lowest BCUT2D eigenvalue weighted by molar-refractivity contribution is 1.03. The van der Waals surface area contributed by atoms with Gasteiger partial charge in [-0.05, 0) is 41.0 Å². The molecule has 5 aromatic carbocycles. The van der Waals surface area contributed by atoms with Gasteiger partial charge in [-0.15, -0.1) is 0 Å². The van der Waals surface area contributed by atoms with Crippen LogP contribution in [-0.4, -0.2) is 8.97 Å². The van der Waals surface area contributed by atoms with Crippen molar-refractivity contribution in [2.75, 3.05) is 0 Å². The first kappa shape index (κ1) is 22.1. The van der Waals surface area contributed by atoms with Gasteiger partial charge in [-0.3, -0.25) is 9.36 Å². The molecule has 0 fully saturated rings. The van der Waals surface area contributed by atoms with Crippen LogP contribution in [0.15, 0.2) is 150 Å². The Hall–Kier alpha value is -5.15. The Bertz CT molecular complexity index is 1950. The molecule has 7 rings (SSSR count). The molecule has 0 saturated carbocycles. The topological polar surface area (TPSA) is 26.4 Å². The fourth-order valence-electron chi connectivity index (χ4n) is 5.55. The molecule has 180 valence electrons. The van der Waals surface area contributed by atoms with Crippen molar-refractivity contribution in [3.05, 3.63) is 156 Å². The summed E-state index contributed by atoms with van der Waals surface area (Å²) in [6.07, 6.45) is 0. The summed E-state index contributed by atoms with van der Waals surface area (Å²) in [6.45, 7) is 0. The Balaban J connectivity index is 1.80. The zero-order valence-electron chi connectivity index (χ0n) is 20.7. The number of benzene rings is 5. The minimum atomic E-state index is -0.0480. The van der Waals surface area contributed by atoms with Gasteiger partial charge in [0.15, 0.2) is 0 Å². The largest absolute Gasteiger partial charge is 0.302 e. The van der Waals surface area contributed by atoms with Crippen LogP contribution in [0.1, 0.15) is 0 Å². The maximum absolute atomic E-state index is 14.7. The standard InChI is InChI=1S/C35H24N2O/c38-35-34-32(26-17-7-2-8-18-26)31(25-15-5-1-6-16-25)33(27-19-9-3-10-20-27)37(34)30-24-14-13-23-29(30)36(35)28-21-11-4-12-22-28/h1-24H. The second kappa shape index (κ2) is 9.06. The molecule has 0 spiro atoms. The smallest absolute Gasteiger partial charge is 0.280 e. The first-order valence-electron chi connectivity index (χ1n) is 12.8. The van der Waals surface area contributed by atoms with Crippen LogP contribution in [0.5, 0.6) is 0 Å². The molecule has 0 aliphatic heterocycles. The number of nitrogens with zero attached hydrogens (tertiary/aromatic N) is 2. The Labute approximate surface area is 220 Å². The fourth-order valence-corrected chi connectivity index (χ4v) is 5.55. The highest BCUT2D eigenvalue weighted by molar-refractivity contribution is 6.05. The summed E-state index contributed by atoms with van der Waals surface area (Å²) in [5.41, 5.74) is 9.45. The second-order valence-corrected chi connectivity index (χ2v) is 9.35. The monoisotopic (exact) mass is 488 g/mol. The van der Waals surface area contributed by atoms with Gasteiger partial charge in [0.1, 0.15) is 5.52 Å². The number of hydrogen-bond acceptors (Lipinski definition) is 1. The average Bonchev–Trinajstić information content (AvgIpc) is 3.36. The summed E-state index contributed by atoms with van der Waals surface area (Å²) in [5, 5.41) is 0. The molecule has 0 atom stereocenters. The number of fused-ring (bicyclic) bond motifs is 3. The third-order valence-electron chi connectivity index (χ3n) is 7.13. The van der Waals surface area contributed by atoms with E-state index in [0.717, 1.165) is 50.2 Å². The van der Waals surface area contributed by atoms with Crippen LogP contribution in [-0.2, 0) is 0 Å². The van der Waals surface area contributed by atoms with Crippen molar-refractivity contribution in [2.45, 2.75) is 0 Å². The molecule has 2 heterocycles. The van der Waals surface area contributed by atoms with Gasteiger partial charge in [-0.2, -0.15) is 0 Å². The van der Waals surface area contributed by atoms with E-state index in [-0.39, 0.29) is 5.56 Å². The summed E-state index contributed by atoms with van der Waals surface area (Å²) >= 11 is 0. The SMILES string of the molecule is O=c1c2c(-c3ccccc3)c(-c3ccccc3)c(-c3ccccc3)n2c2ccccc2n1-c1ccccc1. The van der Waals surface area contributed by atoms with E-state index in [1.54, 1.807) is 0 Å². The quantitative estimate of drug-likeness (QED) is 0.245.